The lowest BCUT2D eigenvalue weighted by Crippen LogP contribution is -2.53. The molecule has 2 aromatic rings. The van der Waals surface area contributed by atoms with Crippen molar-refractivity contribution in [1.29, 1.82) is 0 Å². The molecular weight excluding hydrogens is 736 g/mol. The fourth-order valence-corrected chi connectivity index (χ4v) is 11.4. The van der Waals surface area contributed by atoms with Crippen molar-refractivity contribution in [1.82, 2.24) is 14.9 Å². The molecule has 10 nitrogen and oxygen atoms in total. The first-order valence-corrected chi connectivity index (χ1v) is 22.4. The Bertz CT molecular complexity index is 1840. The van der Waals surface area contributed by atoms with E-state index in [9.17, 15) is 18.0 Å². The second kappa shape index (κ2) is 16.9. The van der Waals surface area contributed by atoms with Crippen molar-refractivity contribution >= 4 is 39.5 Å². The van der Waals surface area contributed by atoms with Gasteiger partial charge in [0.25, 0.3) is 5.91 Å². The number of ether oxygens (including phenoxy) is 2. The number of rotatable bonds is 2. The number of fused-ring (bicyclic) bond motifs is 5. The van der Waals surface area contributed by atoms with Gasteiger partial charge >= 0.3 is 0 Å². The molecule has 2 N–H and O–H groups in total. The Kier molecular flexibility index (Phi) is 12.3. The highest BCUT2D eigenvalue weighted by molar-refractivity contribution is 7.90. The molecule has 1 unspecified atom stereocenters. The molecule has 1 spiro atoms. The van der Waals surface area contributed by atoms with Crippen molar-refractivity contribution in [2.75, 3.05) is 57.9 Å². The zero-order chi connectivity index (χ0) is 38.8. The predicted molar refractivity (Wildman–Crippen MR) is 218 cm³/mol. The molecule has 2 aromatic carbocycles. The van der Waals surface area contributed by atoms with Gasteiger partial charge in [-0.05, 0) is 124 Å². The van der Waals surface area contributed by atoms with Gasteiger partial charge in [-0.3, -0.25) is 14.5 Å². The lowest BCUT2D eigenvalue weighted by atomic mass is 9.64. The van der Waals surface area contributed by atoms with E-state index in [1.165, 1.54) is 63.0 Å². The van der Waals surface area contributed by atoms with Crippen LogP contribution in [0.4, 0.5) is 5.69 Å². The van der Waals surface area contributed by atoms with Crippen LogP contribution in [0.5, 0.6) is 5.75 Å². The molecule has 6 aliphatic rings. The van der Waals surface area contributed by atoms with E-state index in [0.29, 0.717) is 36.9 Å². The van der Waals surface area contributed by atoms with Gasteiger partial charge in [0.2, 0.25) is 10.0 Å². The van der Waals surface area contributed by atoms with Gasteiger partial charge in [-0.1, -0.05) is 43.5 Å². The lowest BCUT2D eigenvalue weighted by molar-refractivity contribution is -0.135. The van der Waals surface area contributed by atoms with Crippen LogP contribution in [0.2, 0.25) is 5.02 Å². The Morgan fingerprint density at radius 2 is 1.89 bits per heavy atom. The van der Waals surface area contributed by atoms with Crippen LogP contribution >= 0.6 is 11.6 Å². The standard InChI is InChI=1S/C34H41ClN2O6S.C9H18N2/c1-22-6-4-15-34(20-38,42-3)29-11-8-26(29)18-37-19-33(14-5-7-24-16-27(35)10-12-28(24)33)21-43-31-13-9-25(17-30(31)37)32(39)36-44(40,41)23(22)2;1-2-4-9-8-10-5-7-11(9)6-3-1/h4,9-10,12-13,15-17,20,22-23,26,29H,5-8,11,14,18-19,21H2,1-3H3,(H,36,39);9-10H,1-8H2/b15-4+;/t22-,23+,26-,29+,33-,34-;/m0./s1. The molecule has 2 aliphatic carbocycles. The number of anilines is 1. The summed E-state index contributed by atoms with van der Waals surface area (Å²) >= 11 is 6.40. The van der Waals surface area contributed by atoms with Gasteiger partial charge in [0, 0.05) is 67.8 Å². The molecule has 7 atom stereocenters. The van der Waals surface area contributed by atoms with E-state index in [1.807, 2.05) is 25.1 Å². The molecule has 2 saturated heterocycles. The van der Waals surface area contributed by atoms with Crippen molar-refractivity contribution in [2.24, 2.45) is 17.8 Å². The number of hydrogen-bond donors (Lipinski definition) is 2. The highest BCUT2D eigenvalue weighted by atomic mass is 35.5. The molecular formula is C43H59ClN4O6S. The summed E-state index contributed by atoms with van der Waals surface area (Å²) in [5.74, 6) is -0.203. The number of aldehydes is 1. The summed E-state index contributed by atoms with van der Waals surface area (Å²) in [4.78, 5) is 31.0. The zero-order valence-corrected chi connectivity index (χ0v) is 34.3. The van der Waals surface area contributed by atoms with E-state index in [1.54, 1.807) is 32.2 Å². The number of methoxy groups -OCH3 is 1. The monoisotopic (exact) mass is 794 g/mol. The second-order valence-electron chi connectivity index (χ2n) is 16.9. The normalized spacial score (nSPS) is 34.0. The SMILES string of the molecule is C1CCC2CNCCN2CC1.CO[C@]1(C=O)/C=C/C[C@H](C)[C@@H](C)S(=O)(=O)NC(=O)c2ccc3c(c2)N(C[C@@H]2CC[C@H]21)C[C@@]1(CCCc2cc(Cl)ccc21)CO3. The molecule has 55 heavy (non-hydrogen) atoms. The quantitative estimate of drug-likeness (QED) is 0.267. The second-order valence-corrected chi connectivity index (χ2v) is 19.4. The van der Waals surface area contributed by atoms with Crippen LogP contribution in [0.25, 0.3) is 0 Å². The topological polar surface area (TPSA) is 117 Å². The van der Waals surface area contributed by atoms with E-state index < -0.39 is 26.8 Å². The predicted octanol–water partition coefficient (Wildman–Crippen LogP) is 6.30. The Labute approximate surface area is 332 Å². The summed E-state index contributed by atoms with van der Waals surface area (Å²) in [6.07, 6.45) is 15.4. The van der Waals surface area contributed by atoms with Crippen LogP contribution in [-0.2, 0) is 31.4 Å². The summed E-state index contributed by atoms with van der Waals surface area (Å²) in [6.45, 7) is 10.3. The minimum absolute atomic E-state index is 0.0434. The average molecular weight is 795 g/mol. The lowest BCUT2D eigenvalue weighted by Gasteiger charge is -2.48. The molecule has 8 rings (SSSR count). The maximum absolute atomic E-state index is 13.4. The van der Waals surface area contributed by atoms with Crippen LogP contribution in [0, 0.1) is 17.8 Å². The summed E-state index contributed by atoms with van der Waals surface area (Å²) in [5.41, 5.74) is 2.05. The maximum atomic E-state index is 13.4. The van der Waals surface area contributed by atoms with Crippen LogP contribution in [0.3, 0.4) is 0 Å². The Balaban J connectivity index is 0.000000360. The number of aryl methyl sites for hydroxylation is 1. The van der Waals surface area contributed by atoms with Gasteiger partial charge in [0.05, 0.1) is 17.5 Å². The third kappa shape index (κ3) is 8.38. The Morgan fingerprint density at radius 1 is 1.04 bits per heavy atom. The number of carbonyl (C=O) groups is 2. The van der Waals surface area contributed by atoms with Gasteiger partial charge in [-0.2, -0.15) is 0 Å². The van der Waals surface area contributed by atoms with Crippen molar-refractivity contribution < 1.29 is 27.5 Å². The van der Waals surface area contributed by atoms with Crippen LogP contribution in [0.15, 0.2) is 48.6 Å². The van der Waals surface area contributed by atoms with Crippen molar-refractivity contribution in [3.05, 3.63) is 70.3 Å². The van der Waals surface area contributed by atoms with Crippen LogP contribution < -0.4 is 19.7 Å². The van der Waals surface area contributed by atoms with Gasteiger partial charge in [0.15, 0.2) is 6.29 Å². The van der Waals surface area contributed by atoms with Crippen LogP contribution in [0.1, 0.15) is 93.1 Å². The molecule has 4 aliphatic heterocycles. The average Bonchev–Trinajstić information content (AvgIpc) is 3.50. The third-order valence-electron chi connectivity index (χ3n) is 13.7. The molecule has 1 amide bonds. The Morgan fingerprint density at radius 3 is 2.67 bits per heavy atom. The van der Waals surface area contributed by atoms with Gasteiger partial charge in [0.1, 0.15) is 11.4 Å². The van der Waals surface area contributed by atoms with Gasteiger partial charge in [-0.15, -0.1) is 0 Å². The van der Waals surface area contributed by atoms with Crippen molar-refractivity contribution in [3.8, 4) is 5.75 Å². The summed E-state index contributed by atoms with van der Waals surface area (Å²) < 4.78 is 41.3. The minimum atomic E-state index is -3.97. The van der Waals surface area contributed by atoms with E-state index in [2.05, 4.69) is 32.0 Å². The first-order chi connectivity index (χ1) is 26.5. The van der Waals surface area contributed by atoms with Gasteiger partial charge in [-0.25, -0.2) is 13.1 Å². The van der Waals surface area contributed by atoms with E-state index in [0.717, 1.165) is 50.1 Å². The molecule has 3 fully saturated rings. The summed E-state index contributed by atoms with van der Waals surface area (Å²) in [7, 11) is -2.41. The third-order valence-corrected chi connectivity index (χ3v) is 15.8. The number of nitrogens with zero attached hydrogens (tertiary/aromatic N) is 2. The first kappa shape index (κ1) is 40.2. The highest BCUT2D eigenvalue weighted by Crippen LogP contribution is 2.48. The molecule has 0 aromatic heterocycles. The fraction of sp³-hybridized carbons (Fsp3) is 0.628. The fourth-order valence-electron chi connectivity index (χ4n) is 9.94. The first-order valence-electron chi connectivity index (χ1n) is 20.5. The summed E-state index contributed by atoms with van der Waals surface area (Å²) in [6, 6.07) is 12.1. The number of carbonyl (C=O) groups excluding carboxylic acids is 2. The molecule has 300 valence electrons. The van der Waals surface area contributed by atoms with Crippen molar-refractivity contribution in [2.45, 2.75) is 100 Å². The van der Waals surface area contributed by atoms with E-state index in [4.69, 9.17) is 21.1 Å². The molecule has 2 bridgehead atoms. The van der Waals surface area contributed by atoms with E-state index >= 15 is 0 Å². The maximum Gasteiger partial charge on any atom is 0.264 e. The van der Waals surface area contributed by atoms with Crippen molar-refractivity contribution in [3.63, 3.8) is 0 Å². The van der Waals surface area contributed by atoms with E-state index in [-0.39, 0.29) is 28.7 Å². The molecule has 4 heterocycles. The number of hydrogen-bond acceptors (Lipinski definition) is 9. The number of halogens is 1. The number of piperazine rings is 1. The molecule has 1 saturated carbocycles. The number of sulfonamides is 1. The number of nitrogens with one attached hydrogen (secondary N) is 2. The number of amides is 1. The number of benzene rings is 2. The highest BCUT2D eigenvalue weighted by Gasteiger charge is 2.49. The smallest absolute Gasteiger partial charge is 0.264 e. The number of allylic oxidation sites excluding steroid dienone is 1. The summed E-state index contributed by atoms with van der Waals surface area (Å²) in [5, 5.41) is 3.35. The largest absolute Gasteiger partial charge is 0.490 e. The van der Waals surface area contributed by atoms with Gasteiger partial charge < -0.3 is 19.7 Å². The minimum Gasteiger partial charge on any atom is -0.490 e. The zero-order valence-electron chi connectivity index (χ0n) is 32.7. The molecule has 0 radical (unpaired) electrons. The van der Waals surface area contributed by atoms with Crippen LogP contribution in [-0.4, -0.2) is 95.4 Å². The molecule has 12 heteroatoms. The Hall–Kier alpha value is -2.96.